The number of hydrogen-bond acceptors (Lipinski definition) is 2. The minimum absolute atomic E-state index is 0.603. The van der Waals surface area contributed by atoms with Crippen molar-refractivity contribution in [2.75, 3.05) is 0 Å². The maximum atomic E-state index is 9.52. The molecular formula is C8H10O2. The summed E-state index contributed by atoms with van der Waals surface area (Å²) < 4.78 is 5.26. The van der Waals surface area contributed by atoms with E-state index in [0.717, 1.165) is 24.4 Å². The molecular weight excluding hydrogens is 128 g/mol. The smallest absolute Gasteiger partial charge is 0.135 e. The monoisotopic (exact) mass is 138 g/mol. The number of hydrogen-bond donors (Lipinski definition) is 1. The van der Waals surface area contributed by atoms with Crippen molar-refractivity contribution in [2.24, 2.45) is 0 Å². The maximum Gasteiger partial charge on any atom is 0.135 e. The van der Waals surface area contributed by atoms with Crippen molar-refractivity contribution in [3.05, 3.63) is 23.7 Å². The van der Waals surface area contributed by atoms with Gasteiger partial charge >= 0.3 is 0 Å². The van der Waals surface area contributed by atoms with Crippen molar-refractivity contribution in [1.82, 2.24) is 0 Å². The second-order valence-electron chi connectivity index (χ2n) is 2.94. The van der Waals surface area contributed by atoms with Crippen molar-refractivity contribution in [2.45, 2.75) is 25.4 Å². The molecule has 1 fully saturated rings. The van der Waals surface area contributed by atoms with Crippen molar-refractivity contribution in [3.63, 3.8) is 0 Å². The molecule has 0 atom stereocenters. The number of aliphatic hydroxyl groups is 1. The Morgan fingerprint density at radius 2 is 2.20 bits per heavy atom. The van der Waals surface area contributed by atoms with Gasteiger partial charge in [-0.15, -0.1) is 0 Å². The van der Waals surface area contributed by atoms with E-state index in [1.165, 1.54) is 0 Å². The molecule has 0 saturated heterocycles. The van der Waals surface area contributed by atoms with E-state index in [4.69, 9.17) is 4.42 Å². The predicted octanol–water partition coefficient (Wildman–Crippen LogP) is 1.57. The highest BCUT2D eigenvalue weighted by atomic mass is 16.4. The van der Waals surface area contributed by atoms with Gasteiger partial charge in [0.25, 0.3) is 0 Å². The van der Waals surface area contributed by atoms with E-state index in [2.05, 4.69) is 0 Å². The van der Waals surface area contributed by atoms with Crippen LogP contribution in [0.2, 0.25) is 0 Å². The Labute approximate surface area is 59.5 Å². The van der Waals surface area contributed by atoms with E-state index in [1.807, 2.05) is 19.1 Å². The lowest BCUT2D eigenvalue weighted by molar-refractivity contribution is 0.122. The third-order valence-electron chi connectivity index (χ3n) is 1.92. The predicted molar refractivity (Wildman–Crippen MR) is 36.6 cm³/mol. The minimum atomic E-state index is -0.603. The molecule has 2 nitrogen and oxygen atoms in total. The molecule has 0 aliphatic heterocycles. The Bertz CT molecular complexity index is 246. The summed E-state index contributed by atoms with van der Waals surface area (Å²) in [4.78, 5) is 0. The van der Waals surface area contributed by atoms with E-state index in [-0.39, 0.29) is 0 Å². The fourth-order valence-corrected chi connectivity index (χ4v) is 1.05. The standard InChI is InChI=1S/C8H10O2/c1-6-2-3-7(10-6)8(9)4-5-8/h2-3,9H,4-5H2,1H3. The molecule has 1 aromatic rings. The summed E-state index contributed by atoms with van der Waals surface area (Å²) in [5.41, 5.74) is -0.603. The average Bonchev–Trinajstić information content (AvgIpc) is 2.45. The second kappa shape index (κ2) is 1.64. The van der Waals surface area contributed by atoms with Crippen LogP contribution >= 0.6 is 0 Å². The van der Waals surface area contributed by atoms with Crippen molar-refractivity contribution >= 4 is 0 Å². The largest absolute Gasteiger partial charge is 0.463 e. The average molecular weight is 138 g/mol. The highest BCUT2D eigenvalue weighted by Crippen LogP contribution is 2.45. The molecule has 1 aliphatic carbocycles. The van der Waals surface area contributed by atoms with Gasteiger partial charge in [0.1, 0.15) is 17.1 Å². The molecule has 1 aliphatic rings. The quantitative estimate of drug-likeness (QED) is 0.639. The third-order valence-corrected chi connectivity index (χ3v) is 1.92. The fraction of sp³-hybridized carbons (Fsp3) is 0.500. The molecule has 0 bridgehead atoms. The molecule has 1 N–H and O–H groups in total. The molecule has 10 heavy (non-hydrogen) atoms. The van der Waals surface area contributed by atoms with Crippen molar-refractivity contribution in [3.8, 4) is 0 Å². The zero-order valence-corrected chi connectivity index (χ0v) is 5.92. The third kappa shape index (κ3) is 0.762. The summed E-state index contributed by atoms with van der Waals surface area (Å²) in [6, 6.07) is 3.73. The lowest BCUT2D eigenvalue weighted by atomic mass is 10.2. The molecule has 54 valence electrons. The summed E-state index contributed by atoms with van der Waals surface area (Å²) in [6.45, 7) is 1.88. The van der Waals surface area contributed by atoms with Gasteiger partial charge in [-0.25, -0.2) is 0 Å². The second-order valence-corrected chi connectivity index (χ2v) is 2.94. The van der Waals surface area contributed by atoms with Gasteiger partial charge in [-0.3, -0.25) is 0 Å². The topological polar surface area (TPSA) is 33.4 Å². The first kappa shape index (κ1) is 5.98. The summed E-state index contributed by atoms with van der Waals surface area (Å²) in [5.74, 6) is 1.60. The number of aryl methyl sites for hydroxylation is 1. The van der Waals surface area contributed by atoms with Gasteiger partial charge in [-0.05, 0) is 31.9 Å². The van der Waals surface area contributed by atoms with Crippen LogP contribution in [0.15, 0.2) is 16.5 Å². The summed E-state index contributed by atoms with van der Waals surface area (Å²) >= 11 is 0. The molecule has 0 aromatic carbocycles. The van der Waals surface area contributed by atoms with Crippen molar-refractivity contribution < 1.29 is 9.52 Å². The van der Waals surface area contributed by atoms with Crippen LogP contribution in [-0.2, 0) is 5.60 Å². The number of furan rings is 1. The van der Waals surface area contributed by atoms with Gasteiger partial charge in [-0.1, -0.05) is 0 Å². The first-order valence-electron chi connectivity index (χ1n) is 3.50. The van der Waals surface area contributed by atoms with Crippen LogP contribution in [0.5, 0.6) is 0 Å². The molecule has 0 amide bonds. The molecule has 1 aromatic heterocycles. The van der Waals surface area contributed by atoms with Crippen LogP contribution in [-0.4, -0.2) is 5.11 Å². The van der Waals surface area contributed by atoms with Gasteiger partial charge in [0, 0.05) is 0 Å². The Hall–Kier alpha value is -0.760. The molecule has 0 radical (unpaired) electrons. The summed E-state index contributed by atoms with van der Waals surface area (Å²) in [6.07, 6.45) is 1.69. The summed E-state index contributed by atoms with van der Waals surface area (Å²) in [5, 5.41) is 9.52. The van der Waals surface area contributed by atoms with Crippen LogP contribution in [0.25, 0.3) is 0 Å². The Morgan fingerprint density at radius 1 is 1.50 bits per heavy atom. The van der Waals surface area contributed by atoms with E-state index < -0.39 is 5.60 Å². The van der Waals surface area contributed by atoms with Gasteiger partial charge in [0.15, 0.2) is 0 Å². The zero-order valence-electron chi connectivity index (χ0n) is 5.92. The van der Waals surface area contributed by atoms with Gasteiger partial charge in [0.05, 0.1) is 0 Å². The van der Waals surface area contributed by atoms with E-state index in [1.54, 1.807) is 0 Å². The Balaban J connectivity index is 2.34. The van der Waals surface area contributed by atoms with Gasteiger partial charge in [-0.2, -0.15) is 0 Å². The summed E-state index contributed by atoms with van der Waals surface area (Å²) in [7, 11) is 0. The lowest BCUT2D eigenvalue weighted by Crippen LogP contribution is -2.01. The molecule has 2 heteroatoms. The minimum Gasteiger partial charge on any atom is -0.463 e. The van der Waals surface area contributed by atoms with Crippen LogP contribution in [0.4, 0.5) is 0 Å². The van der Waals surface area contributed by atoms with Gasteiger partial charge in [0.2, 0.25) is 0 Å². The van der Waals surface area contributed by atoms with E-state index in [9.17, 15) is 5.11 Å². The lowest BCUT2D eigenvalue weighted by Gasteiger charge is -2.00. The van der Waals surface area contributed by atoms with Crippen molar-refractivity contribution in [1.29, 1.82) is 0 Å². The SMILES string of the molecule is Cc1ccc(C2(O)CC2)o1. The van der Waals surface area contributed by atoms with Crippen LogP contribution < -0.4 is 0 Å². The maximum absolute atomic E-state index is 9.52. The van der Waals surface area contributed by atoms with E-state index >= 15 is 0 Å². The molecule has 1 saturated carbocycles. The highest BCUT2D eigenvalue weighted by Gasteiger charge is 2.44. The van der Waals surface area contributed by atoms with Gasteiger partial charge < -0.3 is 9.52 Å². The fourth-order valence-electron chi connectivity index (χ4n) is 1.05. The first-order chi connectivity index (χ1) is 4.71. The first-order valence-corrected chi connectivity index (χ1v) is 3.50. The molecule has 0 unspecified atom stereocenters. The van der Waals surface area contributed by atoms with Crippen LogP contribution in [0.3, 0.4) is 0 Å². The van der Waals surface area contributed by atoms with Crippen LogP contribution in [0.1, 0.15) is 24.4 Å². The highest BCUT2D eigenvalue weighted by molar-refractivity contribution is 5.18. The van der Waals surface area contributed by atoms with Crippen LogP contribution in [0, 0.1) is 6.92 Å². The molecule has 1 heterocycles. The Kier molecular flexibility index (Phi) is 0.980. The molecule has 2 rings (SSSR count). The van der Waals surface area contributed by atoms with E-state index in [0.29, 0.717) is 0 Å². The molecule has 0 spiro atoms. The Morgan fingerprint density at radius 3 is 2.60 bits per heavy atom. The number of rotatable bonds is 1. The normalized spacial score (nSPS) is 21.0. The zero-order chi connectivity index (χ0) is 7.19.